The second-order valence-corrected chi connectivity index (χ2v) is 7.54. The quantitative estimate of drug-likeness (QED) is 0.514. The van der Waals surface area contributed by atoms with Gasteiger partial charge in [0, 0.05) is 6.42 Å². The van der Waals surface area contributed by atoms with Gasteiger partial charge in [-0.1, -0.05) is 24.1 Å². The van der Waals surface area contributed by atoms with Crippen LogP contribution in [0.2, 0.25) is 0 Å². The van der Waals surface area contributed by atoms with Gasteiger partial charge in [0.05, 0.1) is 4.88 Å². The van der Waals surface area contributed by atoms with E-state index in [0.29, 0.717) is 18.6 Å². The maximum absolute atomic E-state index is 13.2. The number of hydroxylamine groups is 3. The largest absolute Gasteiger partial charge is 0.622 e. The third-order valence-corrected chi connectivity index (χ3v) is 5.84. The first-order valence-electron chi connectivity index (χ1n) is 7.66. The van der Waals surface area contributed by atoms with Gasteiger partial charge in [-0.05, 0) is 38.1 Å². The van der Waals surface area contributed by atoms with E-state index in [2.05, 4.69) is 5.18 Å². The summed E-state index contributed by atoms with van der Waals surface area (Å²) in [5.74, 6) is 0. The second-order valence-electron chi connectivity index (χ2n) is 6.59. The Hall–Kier alpha value is -1.31. The van der Waals surface area contributed by atoms with Crippen molar-refractivity contribution < 1.29 is 9.95 Å². The SMILES string of the molecule is CC1(C)C(c2cccs2)=[N+]([O-])C2(CCCCCC2N=O)N1O. The standard InChI is InChI=1S/C15H21N3O3S/c1-14(2)13(11-7-6-10-22-11)17(20)15(18(14)21)9-5-3-4-8-12(15)16-19/h6-7,10,12,21H,3-5,8-9H2,1-2H3. The van der Waals surface area contributed by atoms with E-state index in [1.807, 2.05) is 31.4 Å². The molecule has 0 saturated heterocycles. The summed E-state index contributed by atoms with van der Waals surface area (Å²) in [5, 5.41) is 30.3. The van der Waals surface area contributed by atoms with Crippen LogP contribution < -0.4 is 0 Å². The Morgan fingerprint density at radius 1 is 1.45 bits per heavy atom. The lowest BCUT2D eigenvalue weighted by Gasteiger charge is -2.37. The van der Waals surface area contributed by atoms with E-state index in [1.54, 1.807) is 0 Å². The molecule has 120 valence electrons. The molecule has 1 aliphatic carbocycles. The van der Waals surface area contributed by atoms with Crippen molar-refractivity contribution in [3.63, 3.8) is 0 Å². The molecule has 6 nitrogen and oxygen atoms in total. The molecule has 3 rings (SSSR count). The van der Waals surface area contributed by atoms with Crippen molar-refractivity contribution >= 4 is 17.0 Å². The molecule has 2 unspecified atom stereocenters. The molecule has 22 heavy (non-hydrogen) atoms. The lowest BCUT2D eigenvalue weighted by Crippen LogP contribution is -2.60. The minimum atomic E-state index is -1.28. The molecular weight excluding hydrogens is 302 g/mol. The van der Waals surface area contributed by atoms with Crippen LogP contribution in [0.5, 0.6) is 0 Å². The summed E-state index contributed by atoms with van der Waals surface area (Å²) >= 11 is 1.46. The molecule has 1 aromatic rings. The molecule has 1 fully saturated rings. The molecule has 0 radical (unpaired) electrons. The Bertz CT molecular complexity index is 599. The average molecular weight is 323 g/mol. The molecule has 0 bridgehead atoms. The first-order chi connectivity index (χ1) is 10.5. The third kappa shape index (κ3) is 1.96. The molecule has 2 aliphatic rings. The molecule has 2 heterocycles. The minimum absolute atomic E-state index is 0.446. The summed E-state index contributed by atoms with van der Waals surface area (Å²) in [4.78, 5) is 12.2. The monoisotopic (exact) mass is 323 g/mol. The predicted octanol–water partition coefficient (Wildman–Crippen LogP) is 3.33. The average Bonchev–Trinajstić information content (AvgIpc) is 2.96. The van der Waals surface area contributed by atoms with Crippen molar-refractivity contribution in [3.05, 3.63) is 32.5 Å². The Morgan fingerprint density at radius 3 is 2.86 bits per heavy atom. The van der Waals surface area contributed by atoms with Gasteiger partial charge in [-0.25, -0.2) is 0 Å². The molecule has 2 atom stereocenters. The number of thiophene rings is 1. The zero-order valence-corrected chi connectivity index (χ0v) is 13.7. The zero-order chi connectivity index (χ0) is 16.0. The van der Waals surface area contributed by atoms with E-state index in [-0.39, 0.29) is 0 Å². The minimum Gasteiger partial charge on any atom is -0.622 e. The highest BCUT2D eigenvalue weighted by molar-refractivity contribution is 7.12. The maximum atomic E-state index is 13.2. The fraction of sp³-hybridized carbons (Fsp3) is 0.667. The molecule has 7 heteroatoms. The van der Waals surface area contributed by atoms with E-state index in [9.17, 15) is 15.3 Å². The molecule has 1 saturated carbocycles. The molecule has 0 aromatic carbocycles. The molecule has 0 amide bonds. The summed E-state index contributed by atoms with van der Waals surface area (Å²) in [6.45, 7) is 3.63. The van der Waals surface area contributed by atoms with Gasteiger partial charge in [-0.15, -0.1) is 16.4 Å². The van der Waals surface area contributed by atoms with E-state index in [0.717, 1.165) is 33.9 Å². The maximum Gasteiger partial charge on any atom is 0.277 e. The van der Waals surface area contributed by atoms with Crippen LogP contribution in [0.3, 0.4) is 0 Å². The number of rotatable bonds is 2. The van der Waals surface area contributed by atoms with Crippen LogP contribution in [-0.2, 0) is 0 Å². The molecule has 1 N–H and O–H groups in total. The van der Waals surface area contributed by atoms with Crippen LogP contribution in [0, 0.1) is 10.1 Å². The van der Waals surface area contributed by atoms with Crippen molar-refractivity contribution in [2.24, 2.45) is 5.18 Å². The number of hydrogen-bond donors (Lipinski definition) is 1. The Morgan fingerprint density at radius 2 is 2.23 bits per heavy atom. The zero-order valence-electron chi connectivity index (χ0n) is 12.9. The highest BCUT2D eigenvalue weighted by Crippen LogP contribution is 2.44. The highest BCUT2D eigenvalue weighted by Gasteiger charge is 2.66. The Kier molecular flexibility index (Phi) is 3.82. The predicted molar refractivity (Wildman–Crippen MR) is 85.2 cm³/mol. The van der Waals surface area contributed by atoms with Crippen LogP contribution in [0.4, 0.5) is 0 Å². The van der Waals surface area contributed by atoms with Crippen molar-refractivity contribution in [1.82, 2.24) is 5.06 Å². The van der Waals surface area contributed by atoms with Crippen molar-refractivity contribution in [1.29, 1.82) is 0 Å². The summed E-state index contributed by atoms with van der Waals surface area (Å²) in [6.07, 6.45) is 3.59. The Labute approximate surface area is 133 Å². The normalized spacial score (nSPS) is 32.4. The van der Waals surface area contributed by atoms with E-state index < -0.39 is 17.2 Å². The summed E-state index contributed by atoms with van der Waals surface area (Å²) in [5.41, 5.74) is -1.62. The highest BCUT2D eigenvalue weighted by atomic mass is 32.1. The molecule has 1 spiro atoms. The van der Waals surface area contributed by atoms with Gasteiger partial charge in [0.1, 0.15) is 5.54 Å². The summed E-state index contributed by atoms with van der Waals surface area (Å²) in [7, 11) is 0. The van der Waals surface area contributed by atoms with Crippen LogP contribution in [0.1, 0.15) is 50.8 Å². The van der Waals surface area contributed by atoms with Gasteiger partial charge in [-0.2, -0.15) is 9.65 Å². The number of nitroso groups, excluding NO2 is 1. The van der Waals surface area contributed by atoms with Gasteiger partial charge in [0.25, 0.3) is 5.66 Å². The van der Waals surface area contributed by atoms with Crippen molar-refractivity contribution in [3.8, 4) is 0 Å². The van der Waals surface area contributed by atoms with Crippen molar-refractivity contribution in [2.75, 3.05) is 0 Å². The van der Waals surface area contributed by atoms with Crippen LogP contribution in [0.15, 0.2) is 22.7 Å². The lowest BCUT2D eigenvalue weighted by atomic mass is 9.92. The smallest absolute Gasteiger partial charge is 0.277 e. The molecule has 1 aliphatic heterocycles. The van der Waals surface area contributed by atoms with E-state index in [4.69, 9.17) is 0 Å². The van der Waals surface area contributed by atoms with Gasteiger partial charge in [0.2, 0.25) is 5.71 Å². The van der Waals surface area contributed by atoms with Crippen molar-refractivity contribution in [2.45, 2.75) is 63.2 Å². The second kappa shape index (κ2) is 5.40. The number of hydrogen-bond acceptors (Lipinski definition) is 6. The van der Waals surface area contributed by atoms with E-state index in [1.165, 1.54) is 11.3 Å². The van der Waals surface area contributed by atoms with Gasteiger partial charge >= 0.3 is 0 Å². The van der Waals surface area contributed by atoms with E-state index >= 15 is 0 Å². The molecular formula is C15H21N3O3S. The third-order valence-electron chi connectivity index (χ3n) is 4.97. The summed E-state index contributed by atoms with van der Waals surface area (Å²) < 4.78 is 0.871. The van der Waals surface area contributed by atoms with Gasteiger partial charge in [-0.3, -0.25) is 0 Å². The lowest BCUT2D eigenvalue weighted by molar-refractivity contribution is -0.596. The van der Waals surface area contributed by atoms with Gasteiger partial charge in [0.15, 0.2) is 6.04 Å². The molecule has 1 aromatic heterocycles. The van der Waals surface area contributed by atoms with Crippen LogP contribution in [0.25, 0.3) is 0 Å². The fourth-order valence-corrected chi connectivity index (χ4v) is 4.75. The number of nitrogens with zero attached hydrogens (tertiary/aromatic N) is 3. The van der Waals surface area contributed by atoms with Crippen LogP contribution >= 0.6 is 11.3 Å². The topological polar surface area (TPSA) is 79.0 Å². The first-order valence-corrected chi connectivity index (χ1v) is 8.54. The fourth-order valence-electron chi connectivity index (χ4n) is 3.85. The Balaban J connectivity index is 2.20. The first kappa shape index (κ1) is 15.6. The summed E-state index contributed by atoms with van der Waals surface area (Å²) in [6, 6.07) is 3.03. The van der Waals surface area contributed by atoms with Crippen LogP contribution in [-0.4, -0.2) is 38.0 Å². The van der Waals surface area contributed by atoms with Gasteiger partial charge < -0.3 is 10.4 Å².